The molecule has 0 unspecified atom stereocenters. The van der Waals surface area contributed by atoms with Crippen molar-refractivity contribution in [3.8, 4) is 0 Å². The summed E-state index contributed by atoms with van der Waals surface area (Å²) < 4.78 is 4.56. The Labute approximate surface area is 96.9 Å². The molecule has 1 aromatic carbocycles. The lowest BCUT2D eigenvalue weighted by atomic mass is 10.1. The molecule has 0 heterocycles. The maximum Gasteiger partial charge on any atom is 0.379 e. The Morgan fingerprint density at radius 1 is 1.33 bits per heavy atom. The Morgan fingerprint density at radius 3 is 2.60 bits per heavy atom. The van der Waals surface area contributed by atoms with Crippen LogP contribution >= 0.6 is 23.2 Å². The monoisotopic (exact) mass is 246 g/mol. The third kappa shape index (κ3) is 2.94. The second kappa shape index (κ2) is 5.14. The number of esters is 1. The van der Waals surface area contributed by atoms with Gasteiger partial charge in [-0.1, -0.05) is 23.2 Å². The molecule has 1 rings (SSSR count). The van der Waals surface area contributed by atoms with E-state index in [-0.39, 0.29) is 17.2 Å². The highest BCUT2D eigenvalue weighted by molar-refractivity contribution is 6.46. The van der Waals surface area contributed by atoms with Gasteiger partial charge in [0.2, 0.25) is 0 Å². The second-order valence-electron chi connectivity index (χ2n) is 2.67. The molecule has 0 amide bonds. The SMILES string of the molecule is CCOC(=O)C(=O)c1cc(Cl)ccc1Cl. The van der Waals surface area contributed by atoms with E-state index in [1.54, 1.807) is 6.92 Å². The predicted octanol–water partition coefficient (Wildman–Crippen LogP) is 2.74. The van der Waals surface area contributed by atoms with Gasteiger partial charge in [0.05, 0.1) is 11.6 Å². The molecule has 0 saturated carbocycles. The average Bonchev–Trinajstić information content (AvgIpc) is 2.21. The molecular formula is C10H8Cl2O3. The van der Waals surface area contributed by atoms with Gasteiger partial charge in [0.25, 0.3) is 5.78 Å². The zero-order valence-corrected chi connectivity index (χ0v) is 9.43. The fourth-order valence-corrected chi connectivity index (χ4v) is 1.35. The summed E-state index contributed by atoms with van der Waals surface area (Å²) in [6.45, 7) is 1.76. The number of benzene rings is 1. The highest BCUT2D eigenvalue weighted by atomic mass is 35.5. The lowest BCUT2D eigenvalue weighted by Gasteiger charge is -2.03. The number of ketones is 1. The van der Waals surface area contributed by atoms with Crippen LogP contribution in [-0.2, 0) is 9.53 Å². The number of hydrogen-bond donors (Lipinski definition) is 0. The second-order valence-corrected chi connectivity index (χ2v) is 3.52. The Balaban J connectivity index is 3.00. The molecule has 0 bridgehead atoms. The normalized spacial score (nSPS) is 9.80. The molecule has 0 fully saturated rings. The van der Waals surface area contributed by atoms with Crippen molar-refractivity contribution in [2.45, 2.75) is 6.92 Å². The molecule has 0 radical (unpaired) electrons. The first-order valence-electron chi connectivity index (χ1n) is 4.22. The van der Waals surface area contributed by atoms with Crippen LogP contribution in [0.15, 0.2) is 18.2 Å². The summed E-state index contributed by atoms with van der Waals surface area (Å²) in [6, 6.07) is 4.32. The van der Waals surface area contributed by atoms with Crippen molar-refractivity contribution in [2.75, 3.05) is 6.61 Å². The van der Waals surface area contributed by atoms with Crippen LogP contribution in [0, 0.1) is 0 Å². The number of hydrogen-bond acceptors (Lipinski definition) is 3. The van der Waals surface area contributed by atoms with Gasteiger partial charge in [0.15, 0.2) is 0 Å². The quantitative estimate of drug-likeness (QED) is 0.468. The highest BCUT2D eigenvalue weighted by Gasteiger charge is 2.20. The number of carbonyl (C=O) groups excluding carboxylic acids is 2. The zero-order chi connectivity index (χ0) is 11.4. The number of ether oxygens (including phenoxy) is 1. The summed E-state index contributed by atoms with van der Waals surface area (Å²) in [6.07, 6.45) is 0. The summed E-state index contributed by atoms with van der Waals surface area (Å²) in [7, 11) is 0. The summed E-state index contributed by atoms with van der Waals surface area (Å²) in [4.78, 5) is 22.6. The van der Waals surface area contributed by atoms with Crippen LogP contribution < -0.4 is 0 Å². The van der Waals surface area contributed by atoms with Crippen molar-refractivity contribution >= 4 is 35.0 Å². The molecule has 1 aromatic rings. The zero-order valence-electron chi connectivity index (χ0n) is 7.92. The molecule has 0 aliphatic heterocycles. The van der Waals surface area contributed by atoms with E-state index in [4.69, 9.17) is 23.2 Å². The molecule has 0 saturated heterocycles. The lowest BCUT2D eigenvalue weighted by Crippen LogP contribution is -2.17. The summed E-state index contributed by atoms with van der Waals surface area (Å²) >= 11 is 11.4. The first-order chi connectivity index (χ1) is 7.06. The third-order valence-corrected chi connectivity index (χ3v) is 2.20. The van der Waals surface area contributed by atoms with Gasteiger partial charge in [-0.15, -0.1) is 0 Å². The maximum absolute atomic E-state index is 11.5. The van der Waals surface area contributed by atoms with Gasteiger partial charge in [-0.05, 0) is 25.1 Å². The first kappa shape index (κ1) is 12.0. The van der Waals surface area contributed by atoms with Crippen molar-refractivity contribution in [3.63, 3.8) is 0 Å². The first-order valence-corrected chi connectivity index (χ1v) is 4.98. The van der Waals surface area contributed by atoms with Crippen molar-refractivity contribution in [1.82, 2.24) is 0 Å². The van der Waals surface area contributed by atoms with Crippen molar-refractivity contribution in [3.05, 3.63) is 33.8 Å². The van der Waals surface area contributed by atoms with Crippen LogP contribution in [-0.4, -0.2) is 18.4 Å². The Hall–Kier alpha value is -1.06. The smallest absolute Gasteiger partial charge is 0.379 e. The molecule has 0 aliphatic carbocycles. The van der Waals surface area contributed by atoms with Crippen LogP contribution in [0.3, 0.4) is 0 Å². The molecule has 0 N–H and O–H groups in total. The summed E-state index contributed by atoms with van der Waals surface area (Å²) in [5.74, 6) is -1.72. The van der Waals surface area contributed by atoms with Gasteiger partial charge < -0.3 is 4.74 Å². The van der Waals surface area contributed by atoms with Crippen LogP contribution in [0.1, 0.15) is 17.3 Å². The molecule has 15 heavy (non-hydrogen) atoms. The van der Waals surface area contributed by atoms with Gasteiger partial charge in [-0.25, -0.2) is 4.79 Å². The van der Waals surface area contributed by atoms with Crippen molar-refractivity contribution in [1.29, 1.82) is 0 Å². The average molecular weight is 247 g/mol. The standard InChI is InChI=1S/C10H8Cl2O3/c1-2-15-10(14)9(13)7-5-6(11)3-4-8(7)12/h3-5H,2H2,1H3. The Bertz CT molecular complexity index is 402. The van der Waals surface area contributed by atoms with Crippen molar-refractivity contribution in [2.24, 2.45) is 0 Å². The van der Waals surface area contributed by atoms with E-state index in [1.807, 2.05) is 0 Å². The van der Waals surface area contributed by atoms with E-state index in [0.29, 0.717) is 5.02 Å². The Kier molecular flexibility index (Phi) is 4.12. The molecule has 80 valence electrons. The van der Waals surface area contributed by atoms with Crippen LogP contribution in [0.25, 0.3) is 0 Å². The van der Waals surface area contributed by atoms with E-state index in [1.165, 1.54) is 18.2 Å². The van der Waals surface area contributed by atoms with Crippen LogP contribution in [0.2, 0.25) is 10.0 Å². The number of carbonyl (C=O) groups is 2. The summed E-state index contributed by atoms with van der Waals surface area (Å²) in [5, 5.41) is 0.518. The molecule has 3 nitrogen and oxygen atoms in total. The largest absolute Gasteiger partial charge is 0.460 e. The molecule has 5 heteroatoms. The topological polar surface area (TPSA) is 43.4 Å². The summed E-state index contributed by atoms with van der Waals surface area (Å²) in [5.41, 5.74) is 0.0580. The van der Waals surface area contributed by atoms with E-state index < -0.39 is 11.8 Å². The van der Waals surface area contributed by atoms with E-state index in [2.05, 4.69) is 4.74 Å². The van der Waals surface area contributed by atoms with Gasteiger partial charge in [-0.2, -0.15) is 0 Å². The third-order valence-electron chi connectivity index (χ3n) is 1.63. The van der Waals surface area contributed by atoms with Crippen molar-refractivity contribution < 1.29 is 14.3 Å². The molecular weight excluding hydrogens is 239 g/mol. The fraction of sp³-hybridized carbons (Fsp3) is 0.200. The lowest BCUT2D eigenvalue weighted by molar-refractivity contribution is -0.137. The fourth-order valence-electron chi connectivity index (χ4n) is 0.978. The Morgan fingerprint density at radius 2 is 2.00 bits per heavy atom. The van der Waals surface area contributed by atoms with Crippen LogP contribution in [0.5, 0.6) is 0 Å². The van der Waals surface area contributed by atoms with E-state index in [9.17, 15) is 9.59 Å². The molecule has 0 aromatic heterocycles. The minimum atomic E-state index is -0.929. The van der Waals surface area contributed by atoms with Gasteiger partial charge in [-0.3, -0.25) is 4.79 Å². The minimum Gasteiger partial charge on any atom is -0.460 e. The number of rotatable bonds is 3. The van der Waals surface area contributed by atoms with Gasteiger partial charge in [0, 0.05) is 10.6 Å². The van der Waals surface area contributed by atoms with E-state index in [0.717, 1.165) is 0 Å². The molecule has 0 aliphatic rings. The van der Waals surface area contributed by atoms with Crippen LogP contribution in [0.4, 0.5) is 0 Å². The highest BCUT2D eigenvalue weighted by Crippen LogP contribution is 2.21. The molecule has 0 atom stereocenters. The maximum atomic E-state index is 11.5. The van der Waals surface area contributed by atoms with E-state index >= 15 is 0 Å². The predicted molar refractivity (Wildman–Crippen MR) is 57.4 cm³/mol. The van der Waals surface area contributed by atoms with Gasteiger partial charge in [0.1, 0.15) is 0 Å². The number of halogens is 2. The number of Topliss-reactive ketones (excluding diaryl/α,β-unsaturated/α-hetero) is 1. The minimum absolute atomic E-state index is 0.0580. The molecule has 0 spiro atoms. The van der Waals surface area contributed by atoms with Gasteiger partial charge >= 0.3 is 5.97 Å².